The van der Waals surface area contributed by atoms with Gasteiger partial charge < -0.3 is 9.97 Å². The molecule has 0 radical (unpaired) electrons. The third-order valence-corrected chi connectivity index (χ3v) is 5.87. The minimum Gasteiger partial charge on any atom is -0.348 e. The van der Waals surface area contributed by atoms with E-state index in [0.717, 1.165) is 22.2 Å². The number of aromatic amines is 2. The molecule has 0 fully saturated rings. The first-order valence-corrected chi connectivity index (χ1v) is 10.6. The summed E-state index contributed by atoms with van der Waals surface area (Å²) in [6.45, 7) is 10.6. The Morgan fingerprint density at radius 2 is 1.40 bits per heavy atom. The first-order valence-electron chi connectivity index (χ1n) is 10.2. The molecular formula is C25H29ClN4. The maximum atomic E-state index is 5.99. The van der Waals surface area contributed by atoms with Crippen molar-refractivity contribution in [2.24, 2.45) is 0 Å². The largest absolute Gasteiger partial charge is 0.348 e. The number of aromatic nitrogens is 4. The molecule has 0 bridgehead atoms. The van der Waals surface area contributed by atoms with Crippen LogP contribution < -0.4 is 0 Å². The molecule has 5 heteroatoms. The summed E-state index contributed by atoms with van der Waals surface area (Å²) in [6.07, 6.45) is 7.29. The summed E-state index contributed by atoms with van der Waals surface area (Å²) >= 11 is 5.99. The lowest BCUT2D eigenvalue weighted by atomic mass is 9.94. The van der Waals surface area contributed by atoms with Gasteiger partial charge >= 0.3 is 0 Å². The number of nitrogens with one attached hydrogen (secondary N) is 2. The highest BCUT2D eigenvalue weighted by Crippen LogP contribution is 2.26. The summed E-state index contributed by atoms with van der Waals surface area (Å²) in [7, 11) is 0. The van der Waals surface area contributed by atoms with Crippen LogP contribution in [0.4, 0.5) is 0 Å². The summed E-state index contributed by atoms with van der Waals surface area (Å²) in [4.78, 5) is 14.9. The molecule has 4 aromatic rings. The number of rotatable bonds is 4. The molecule has 4 rings (SSSR count). The molecule has 0 aliphatic carbocycles. The minimum atomic E-state index is 0.274. The zero-order chi connectivity index (χ0) is 21.7. The third-order valence-electron chi connectivity index (χ3n) is 5.44. The Morgan fingerprint density at radius 1 is 0.767 bits per heavy atom. The topological polar surface area (TPSA) is 57.4 Å². The molecule has 0 saturated carbocycles. The minimum absolute atomic E-state index is 0.274. The Labute approximate surface area is 183 Å². The quantitative estimate of drug-likeness (QED) is 0.385. The van der Waals surface area contributed by atoms with Crippen LogP contribution in [-0.4, -0.2) is 19.9 Å². The lowest BCUT2D eigenvalue weighted by Crippen LogP contribution is -2.01. The molecule has 0 amide bonds. The smallest absolute Gasteiger partial charge is 0.113 e. The second-order valence-electron chi connectivity index (χ2n) is 7.76. The predicted octanol–water partition coefficient (Wildman–Crippen LogP) is 6.70. The molecule has 30 heavy (non-hydrogen) atoms. The van der Waals surface area contributed by atoms with Crippen LogP contribution in [0.5, 0.6) is 0 Å². The normalized spacial score (nSPS) is 12.7. The highest BCUT2D eigenvalue weighted by molar-refractivity contribution is 6.31. The number of nitrogens with zero attached hydrogens (tertiary/aromatic N) is 2. The van der Waals surface area contributed by atoms with Crippen LogP contribution in [0.25, 0.3) is 0 Å². The van der Waals surface area contributed by atoms with E-state index in [9.17, 15) is 0 Å². The first kappa shape index (κ1) is 21.8. The van der Waals surface area contributed by atoms with Crippen LogP contribution in [0.3, 0.4) is 0 Å². The second kappa shape index (κ2) is 9.77. The standard InChI is InChI=1S/C13H16N2.C12H13ClN2/c1-9-4-5-10(2)12(8-9)11(3)13-14-6-7-15-13;1-8-7-10(3-4-11(8)13)9(2)12-14-5-6-15-12/h4-8,11H,1-3H3,(H,14,15);3-7,9H,1-2H3,(H,14,15). The fraction of sp³-hybridized carbons (Fsp3) is 0.280. The van der Waals surface area contributed by atoms with Crippen molar-refractivity contribution in [1.82, 2.24) is 19.9 Å². The van der Waals surface area contributed by atoms with Crippen molar-refractivity contribution < 1.29 is 0 Å². The Bertz CT molecular complexity index is 1070. The van der Waals surface area contributed by atoms with Gasteiger partial charge in [-0.2, -0.15) is 0 Å². The van der Waals surface area contributed by atoms with Crippen molar-refractivity contribution in [2.75, 3.05) is 0 Å². The molecule has 0 aliphatic rings. The monoisotopic (exact) mass is 420 g/mol. The van der Waals surface area contributed by atoms with E-state index in [2.05, 4.69) is 71.9 Å². The summed E-state index contributed by atoms with van der Waals surface area (Å²) in [5, 5.41) is 0.811. The molecular weight excluding hydrogens is 392 g/mol. The van der Waals surface area contributed by atoms with E-state index >= 15 is 0 Å². The van der Waals surface area contributed by atoms with Crippen molar-refractivity contribution >= 4 is 11.6 Å². The maximum Gasteiger partial charge on any atom is 0.113 e. The predicted molar refractivity (Wildman–Crippen MR) is 124 cm³/mol. The summed E-state index contributed by atoms with van der Waals surface area (Å²) in [6, 6.07) is 12.6. The fourth-order valence-electron chi connectivity index (χ4n) is 3.50. The highest BCUT2D eigenvalue weighted by atomic mass is 35.5. The van der Waals surface area contributed by atoms with Gasteiger partial charge in [0.1, 0.15) is 11.6 Å². The van der Waals surface area contributed by atoms with Gasteiger partial charge in [0.25, 0.3) is 0 Å². The maximum absolute atomic E-state index is 5.99. The van der Waals surface area contributed by atoms with Crippen LogP contribution in [0.2, 0.25) is 5.02 Å². The van der Waals surface area contributed by atoms with Gasteiger partial charge in [-0.3, -0.25) is 0 Å². The van der Waals surface area contributed by atoms with Gasteiger partial charge in [-0.25, -0.2) is 9.97 Å². The van der Waals surface area contributed by atoms with Gasteiger partial charge in [0.05, 0.1) is 0 Å². The molecule has 156 valence electrons. The average Bonchev–Trinajstić information content (AvgIpc) is 3.45. The molecule has 2 aromatic carbocycles. The van der Waals surface area contributed by atoms with Gasteiger partial charge in [-0.15, -0.1) is 0 Å². The number of hydrogen-bond donors (Lipinski definition) is 2. The number of aryl methyl sites for hydroxylation is 3. The van der Waals surface area contributed by atoms with Crippen molar-refractivity contribution in [3.05, 3.63) is 106 Å². The SMILES string of the molecule is Cc1cc(C(C)c2ncc[nH]2)ccc1Cl.Cc1ccc(C)c(C(C)c2ncc[nH]2)c1. The lowest BCUT2D eigenvalue weighted by Gasteiger charge is -2.13. The molecule has 2 unspecified atom stereocenters. The molecule has 2 N–H and O–H groups in total. The molecule has 2 heterocycles. The molecule has 0 saturated heterocycles. The Hall–Kier alpha value is -2.85. The van der Waals surface area contributed by atoms with Gasteiger partial charge in [-0.1, -0.05) is 61.3 Å². The number of imidazole rings is 2. The van der Waals surface area contributed by atoms with Crippen LogP contribution in [0.1, 0.15) is 65.1 Å². The number of hydrogen-bond acceptors (Lipinski definition) is 2. The molecule has 2 atom stereocenters. The van der Waals surface area contributed by atoms with Gasteiger partial charge in [-0.05, 0) is 49.1 Å². The van der Waals surface area contributed by atoms with Crippen molar-refractivity contribution in [1.29, 1.82) is 0 Å². The lowest BCUT2D eigenvalue weighted by molar-refractivity contribution is 0.831. The van der Waals surface area contributed by atoms with Crippen LogP contribution in [0.15, 0.2) is 61.2 Å². The third kappa shape index (κ3) is 5.19. The molecule has 0 aliphatic heterocycles. The number of benzene rings is 2. The summed E-state index contributed by atoms with van der Waals surface area (Å²) in [5.74, 6) is 2.62. The van der Waals surface area contributed by atoms with E-state index in [4.69, 9.17) is 11.6 Å². The van der Waals surface area contributed by atoms with E-state index in [1.807, 2.05) is 31.5 Å². The molecule has 0 spiro atoms. The Kier molecular flexibility index (Phi) is 7.11. The first-order chi connectivity index (χ1) is 14.4. The number of halogens is 1. The summed E-state index contributed by atoms with van der Waals surface area (Å²) in [5.41, 5.74) is 6.31. The van der Waals surface area contributed by atoms with E-state index in [-0.39, 0.29) is 5.92 Å². The van der Waals surface area contributed by atoms with Crippen molar-refractivity contribution in [3.8, 4) is 0 Å². The van der Waals surface area contributed by atoms with Crippen LogP contribution in [-0.2, 0) is 0 Å². The van der Waals surface area contributed by atoms with Crippen LogP contribution in [0, 0.1) is 20.8 Å². The number of H-pyrrole nitrogens is 2. The molecule has 4 nitrogen and oxygen atoms in total. The van der Waals surface area contributed by atoms with Crippen molar-refractivity contribution in [3.63, 3.8) is 0 Å². The van der Waals surface area contributed by atoms with Gasteiger partial charge in [0.15, 0.2) is 0 Å². The Balaban J connectivity index is 0.000000171. The summed E-state index contributed by atoms with van der Waals surface area (Å²) < 4.78 is 0. The second-order valence-corrected chi connectivity index (χ2v) is 8.17. The van der Waals surface area contributed by atoms with Gasteiger partial charge in [0.2, 0.25) is 0 Å². The Morgan fingerprint density at radius 3 is 1.97 bits per heavy atom. The zero-order valence-electron chi connectivity index (χ0n) is 18.2. The van der Waals surface area contributed by atoms with E-state index < -0.39 is 0 Å². The van der Waals surface area contributed by atoms with Gasteiger partial charge in [0, 0.05) is 41.6 Å². The van der Waals surface area contributed by atoms with E-state index in [0.29, 0.717) is 5.92 Å². The van der Waals surface area contributed by atoms with E-state index in [1.54, 1.807) is 12.4 Å². The molecule has 2 aromatic heterocycles. The highest BCUT2D eigenvalue weighted by Gasteiger charge is 2.13. The van der Waals surface area contributed by atoms with Crippen LogP contribution >= 0.6 is 11.6 Å². The van der Waals surface area contributed by atoms with E-state index in [1.165, 1.54) is 22.3 Å². The fourth-order valence-corrected chi connectivity index (χ4v) is 3.61. The van der Waals surface area contributed by atoms with Crippen molar-refractivity contribution in [2.45, 2.75) is 46.5 Å². The zero-order valence-corrected chi connectivity index (χ0v) is 19.0. The average molecular weight is 421 g/mol.